The SMILES string of the molecule is CCCCCCOC(=O)C(C)(C)N[P@@](=O)(CO[C@H](C)Cn1cnc2c(N)ncnc21)N[C@@H](CC(=O)O)C(C)C. The Hall–Kier alpha value is -2.60. The standard InChI is InChI=1S/C25H44N7O6P/c1-7-8-9-10-11-37-24(35)25(5,6)31-39(36,30-19(17(2)3)12-20(33)34)16-38-18(4)13-32-15-29-21-22(26)27-14-28-23(21)32/h14-15,17-19H,7-13,16H2,1-6H3,(H,33,34)(H2,26,27,28)(H2,30,31,36)/t18-,19+,39-/m1/s1. The van der Waals surface area contributed by atoms with E-state index in [1.807, 2.05) is 13.8 Å². The molecular weight excluding hydrogens is 525 g/mol. The molecule has 0 unspecified atom stereocenters. The zero-order valence-corrected chi connectivity index (χ0v) is 24.7. The molecule has 0 saturated carbocycles. The van der Waals surface area contributed by atoms with Gasteiger partial charge in [0.25, 0.3) is 0 Å². The molecule has 2 rings (SSSR count). The number of ether oxygens (including phenoxy) is 2. The van der Waals surface area contributed by atoms with Crippen molar-refractivity contribution in [3.63, 3.8) is 0 Å². The molecule has 0 aliphatic carbocycles. The van der Waals surface area contributed by atoms with Gasteiger partial charge in [0.1, 0.15) is 23.7 Å². The third kappa shape index (κ3) is 10.1. The van der Waals surface area contributed by atoms with Crippen LogP contribution in [-0.2, 0) is 30.2 Å². The maximum Gasteiger partial charge on any atom is 0.326 e. The molecule has 39 heavy (non-hydrogen) atoms. The summed E-state index contributed by atoms with van der Waals surface area (Å²) >= 11 is 0. The molecule has 0 amide bonds. The van der Waals surface area contributed by atoms with Gasteiger partial charge in [0.2, 0.25) is 7.44 Å². The number of carboxylic acid groups (broad SMARTS) is 1. The number of carboxylic acids is 1. The van der Waals surface area contributed by atoms with Crippen molar-refractivity contribution in [2.75, 3.05) is 18.7 Å². The number of nitrogen functional groups attached to an aromatic ring is 1. The average molecular weight is 570 g/mol. The van der Waals surface area contributed by atoms with E-state index in [1.54, 1.807) is 31.7 Å². The topological polar surface area (TPSA) is 184 Å². The lowest BCUT2D eigenvalue weighted by Gasteiger charge is -2.34. The highest BCUT2D eigenvalue weighted by Crippen LogP contribution is 2.41. The number of unbranched alkanes of at least 4 members (excludes halogenated alkanes) is 3. The molecule has 0 bridgehead atoms. The number of nitrogens with two attached hydrogens (primary N) is 1. The van der Waals surface area contributed by atoms with Gasteiger partial charge in [-0.25, -0.2) is 25.1 Å². The van der Waals surface area contributed by atoms with Crippen LogP contribution in [0.2, 0.25) is 0 Å². The van der Waals surface area contributed by atoms with E-state index >= 15 is 0 Å². The molecule has 0 aliphatic rings. The number of anilines is 1. The molecule has 14 heteroatoms. The smallest absolute Gasteiger partial charge is 0.326 e. The van der Waals surface area contributed by atoms with E-state index in [4.69, 9.17) is 15.2 Å². The average Bonchev–Trinajstić information content (AvgIpc) is 3.25. The molecule has 0 radical (unpaired) electrons. The quantitative estimate of drug-likeness (QED) is 0.116. The van der Waals surface area contributed by atoms with Gasteiger partial charge in [0, 0.05) is 6.04 Å². The molecule has 220 valence electrons. The fourth-order valence-electron chi connectivity index (χ4n) is 3.95. The van der Waals surface area contributed by atoms with E-state index in [-0.39, 0.29) is 31.1 Å². The zero-order valence-electron chi connectivity index (χ0n) is 23.8. The van der Waals surface area contributed by atoms with Gasteiger partial charge in [-0.15, -0.1) is 0 Å². The number of rotatable bonds is 18. The molecule has 0 aromatic carbocycles. The van der Waals surface area contributed by atoms with E-state index in [2.05, 4.69) is 32.1 Å². The summed E-state index contributed by atoms with van der Waals surface area (Å²) in [6, 6.07) is -0.627. The maximum absolute atomic E-state index is 14.2. The molecule has 0 aliphatic heterocycles. The lowest BCUT2D eigenvalue weighted by atomic mass is 10.0. The number of carbonyl (C=O) groups is 2. The highest BCUT2D eigenvalue weighted by molar-refractivity contribution is 7.59. The minimum Gasteiger partial charge on any atom is -0.481 e. The van der Waals surface area contributed by atoms with Crippen molar-refractivity contribution in [1.29, 1.82) is 0 Å². The second kappa shape index (κ2) is 14.7. The lowest BCUT2D eigenvalue weighted by Crippen LogP contribution is -2.50. The number of aliphatic carboxylic acids is 1. The number of nitrogens with one attached hydrogen (secondary N) is 2. The van der Waals surface area contributed by atoms with Crippen molar-refractivity contribution < 1.29 is 28.7 Å². The Bertz CT molecular complexity index is 1140. The molecule has 2 heterocycles. The molecule has 0 spiro atoms. The van der Waals surface area contributed by atoms with Crippen LogP contribution < -0.4 is 15.9 Å². The van der Waals surface area contributed by atoms with Crippen LogP contribution in [0.1, 0.15) is 73.6 Å². The second-order valence-electron chi connectivity index (χ2n) is 10.7. The van der Waals surface area contributed by atoms with Gasteiger partial charge in [-0.2, -0.15) is 0 Å². The Kier molecular flexibility index (Phi) is 12.3. The third-order valence-corrected chi connectivity index (χ3v) is 8.38. The predicted molar refractivity (Wildman–Crippen MR) is 149 cm³/mol. The highest BCUT2D eigenvalue weighted by Gasteiger charge is 2.39. The van der Waals surface area contributed by atoms with E-state index in [0.717, 1.165) is 25.7 Å². The van der Waals surface area contributed by atoms with Crippen molar-refractivity contribution in [2.45, 2.75) is 97.9 Å². The third-order valence-electron chi connectivity index (χ3n) is 6.20. The Labute approximate surface area is 230 Å². The molecule has 2 aromatic rings. The summed E-state index contributed by atoms with van der Waals surface area (Å²) in [5.41, 5.74) is 5.56. The van der Waals surface area contributed by atoms with Crippen molar-refractivity contribution >= 4 is 36.4 Å². The van der Waals surface area contributed by atoms with Crippen LogP contribution >= 0.6 is 7.44 Å². The number of aromatic nitrogens is 4. The first-order valence-corrected chi connectivity index (χ1v) is 15.3. The van der Waals surface area contributed by atoms with Crippen LogP contribution in [0.3, 0.4) is 0 Å². The zero-order chi connectivity index (χ0) is 29.2. The number of nitrogens with zero attached hydrogens (tertiary/aromatic N) is 4. The van der Waals surface area contributed by atoms with Gasteiger partial charge in [0.05, 0.1) is 32.0 Å². The first kappa shape index (κ1) is 32.6. The molecule has 2 aromatic heterocycles. The molecular formula is C25H44N7O6P. The van der Waals surface area contributed by atoms with Gasteiger partial charge in [-0.1, -0.05) is 40.0 Å². The minimum atomic E-state index is -3.67. The number of carbonyl (C=O) groups excluding carboxylic acids is 1. The molecule has 0 saturated heterocycles. The van der Waals surface area contributed by atoms with Crippen LogP contribution in [0, 0.1) is 5.92 Å². The van der Waals surface area contributed by atoms with Crippen LogP contribution in [-0.4, -0.2) is 67.2 Å². The highest BCUT2D eigenvalue weighted by atomic mass is 31.2. The fourth-order valence-corrected chi connectivity index (χ4v) is 6.54. The van der Waals surface area contributed by atoms with Crippen molar-refractivity contribution in [3.05, 3.63) is 12.7 Å². The summed E-state index contributed by atoms with van der Waals surface area (Å²) in [6.07, 6.45) is 5.77. The Morgan fingerprint density at radius 2 is 1.90 bits per heavy atom. The Balaban J connectivity index is 2.16. The Morgan fingerprint density at radius 3 is 2.54 bits per heavy atom. The largest absolute Gasteiger partial charge is 0.481 e. The lowest BCUT2D eigenvalue weighted by molar-refractivity contribution is -0.149. The number of hydrogen-bond acceptors (Lipinski definition) is 9. The van der Waals surface area contributed by atoms with Gasteiger partial charge in [0.15, 0.2) is 11.5 Å². The molecule has 0 fully saturated rings. The summed E-state index contributed by atoms with van der Waals surface area (Å²) in [6.45, 7) is 11.3. The van der Waals surface area contributed by atoms with Gasteiger partial charge < -0.3 is 24.9 Å². The van der Waals surface area contributed by atoms with Crippen molar-refractivity contribution in [3.8, 4) is 0 Å². The van der Waals surface area contributed by atoms with E-state index in [9.17, 15) is 19.3 Å². The number of esters is 1. The van der Waals surface area contributed by atoms with Crippen LogP contribution in [0.5, 0.6) is 0 Å². The van der Waals surface area contributed by atoms with Gasteiger partial charge in [-0.3, -0.25) is 14.2 Å². The van der Waals surface area contributed by atoms with E-state index in [0.29, 0.717) is 17.7 Å². The minimum absolute atomic E-state index is 0.148. The number of imidazole rings is 1. The summed E-state index contributed by atoms with van der Waals surface area (Å²) in [5.74, 6) is -1.45. The monoisotopic (exact) mass is 569 g/mol. The van der Waals surface area contributed by atoms with Gasteiger partial charge in [-0.05, 0) is 33.1 Å². The van der Waals surface area contributed by atoms with Crippen LogP contribution in [0.25, 0.3) is 11.2 Å². The molecule has 3 atom stereocenters. The molecule has 13 nitrogen and oxygen atoms in total. The summed E-state index contributed by atoms with van der Waals surface area (Å²) in [5, 5.41) is 15.3. The molecule has 5 N–H and O–H groups in total. The van der Waals surface area contributed by atoms with Crippen LogP contribution in [0.4, 0.5) is 5.82 Å². The van der Waals surface area contributed by atoms with E-state index < -0.39 is 37.1 Å². The Morgan fingerprint density at radius 1 is 1.18 bits per heavy atom. The van der Waals surface area contributed by atoms with Gasteiger partial charge >= 0.3 is 11.9 Å². The first-order valence-electron chi connectivity index (χ1n) is 13.4. The summed E-state index contributed by atoms with van der Waals surface area (Å²) in [7, 11) is -3.67. The van der Waals surface area contributed by atoms with Crippen molar-refractivity contribution in [2.24, 2.45) is 5.92 Å². The second-order valence-corrected chi connectivity index (χ2v) is 12.9. The van der Waals surface area contributed by atoms with E-state index in [1.165, 1.54) is 6.33 Å². The summed E-state index contributed by atoms with van der Waals surface area (Å²) in [4.78, 5) is 36.8. The summed E-state index contributed by atoms with van der Waals surface area (Å²) < 4.78 is 27.4. The van der Waals surface area contributed by atoms with Crippen molar-refractivity contribution in [1.82, 2.24) is 29.7 Å². The normalized spacial score (nSPS) is 15.3. The maximum atomic E-state index is 14.2. The number of hydrogen-bond donors (Lipinski definition) is 4. The predicted octanol–water partition coefficient (Wildman–Crippen LogP) is 3.54. The first-order chi connectivity index (χ1) is 18.3. The fraction of sp³-hybridized carbons (Fsp3) is 0.720. The number of fused-ring (bicyclic) bond motifs is 1. The van der Waals surface area contributed by atoms with Crippen LogP contribution in [0.15, 0.2) is 12.7 Å².